The molecule has 6 nitrogen and oxygen atoms in total. The van der Waals surface area contributed by atoms with Gasteiger partial charge in [-0.15, -0.1) is 10.2 Å². The minimum atomic E-state index is -0.273. The van der Waals surface area contributed by atoms with E-state index in [0.29, 0.717) is 10.7 Å². The van der Waals surface area contributed by atoms with E-state index in [2.05, 4.69) is 15.5 Å². The third-order valence-electron chi connectivity index (χ3n) is 3.78. The Morgan fingerprint density at radius 2 is 1.81 bits per heavy atom. The van der Waals surface area contributed by atoms with Crippen LogP contribution < -0.4 is 14.8 Å². The zero-order chi connectivity index (χ0) is 19.2. The van der Waals surface area contributed by atoms with Crippen LogP contribution in [0.3, 0.4) is 0 Å². The molecule has 0 radical (unpaired) electrons. The van der Waals surface area contributed by atoms with Gasteiger partial charge >= 0.3 is 0 Å². The van der Waals surface area contributed by atoms with Crippen LogP contribution in [0.1, 0.15) is 17.3 Å². The molecule has 27 heavy (non-hydrogen) atoms. The van der Waals surface area contributed by atoms with E-state index >= 15 is 0 Å². The number of anilines is 2. The van der Waals surface area contributed by atoms with Crippen molar-refractivity contribution in [2.45, 2.75) is 16.5 Å². The van der Waals surface area contributed by atoms with Gasteiger partial charge in [0.1, 0.15) is 11.5 Å². The number of carbonyl (C=O) groups is 1. The van der Waals surface area contributed by atoms with E-state index in [1.807, 2.05) is 31.2 Å². The predicted molar refractivity (Wildman–Crippen MR) is 109 cm³/mol. The van der Waals surface area contributed by atoms with Crippen molar-refractivity contribution >= 4 is 39.7 Å². The van der Waals surface area contributed by atoms with E-state index in [9.17, 15) is 4.79 Å². The van der Waals surface area contributed by atoms with Crippen molar-refractivity contribution in [2.75, 3.05) is 19.5 Å². The van der Waals surface area contributed by atoms with Crippen LogP contribution in [0, 0.1) is 0 Å². The maximum absolute atomic E-state index is 12.6. The van der Waals surface area contributed by atoms with Gasteiger partial charge in [-0.1, -0.05) is 35.2 Å². The second kappa shape index (κ2) is 8.88. The van der Waals surface area contributed by atoms with E-state index in [4.69, 9.17) is 9.47 Å². The molecule has 0 aliphatic carbocycles. The number of ether oxygens (including phenoxy) is 2. The van der Waals surface area contributed by atoms with Crippen LogP contribution in [0.15, 0.2) is 52.9 Å². The van der Waals surface area contributed by atoms with Gasteiger partial charge < -0.3 is 14.8 Å². The lowest BCUT2D eigenvalue weighted by molar-refractivity contribution is 0.0994. The Hall–Kier alpha value is -2.58. The number of hydrogen-bond donors (Lipinski definition) is 1. The smallest absolute Gasteiger partial charge is 0.210 e. The second-order valence-corrected chi connectivity index (χ2v) is 8.12. The highest BCUT2D eigenvalue weighted by atomic mass is 32.2. The average Bonchev–Trinajstić information content (AvgIpc) is 3.14. The molecule has 0 fully saturated rings. The van der Waals surface area contributed by atoms with Crippen LogP contribution in [0.2, 0.25) is 0 Å². The normalized spacial score (nSPS) is 11.7. The molecule has 0 spiro atoms. The van der Waals surface area contributed by atoms with Gasteiger partial charge in [0, 0.05) is 5.56 Å². The Morgan fingerprint density at radius 1 is 1.07 bits per heavy atom. The highest BCUT2D eigenvalue weighted by Gasteiger charge is 2.19. The molecular weight excluding hydrogens is 382 g/mol. The third kappa shape index (κ3) is 4.78. The summed E-state index contributed by atoms with van der Waals surface area (Å²) in [5.41, 5.74) is 1.46. The number of carbonyl (C=O) groups excluding carboxylic acids is 1. The van der Waals surface area contributed by atoms with E-state index in [-0.39, 0.29) is 11.0 Å². The summed E-state index contributed by atoms with van der Waals surface area (Å²) in [6.45, 7) is 1.87. The Balaban J connectivity index is 1.65. The first-order valence-corrected chi connectivity index (χ1v) is 9.89. The van der Waals surface area contributed by atoms with Crippen molar-refractivity contribution in [3.63, 3.8) is 0 Å². The van der Waals surface area contributed by atoms with Crippen molar-refractivity contribution in [2.24, 2.45) is 0 Å². The highest BCUT2D eigenvalue weighted by molar-refractivity contribution is 8.02. The number of ketones is 1. The topological polar surface area (TPSA) is 73.3 Å². The summed E-state index contributed by atoms with van der Waals surface area (Å²) in [7, 11) is 3.22. The molecule has 0 aliphatic heterocycles. The number of para-hydroxylation sites is 2. The van der Waals surface area contributed by atoms with Gasteiger partial charge in [-0.25, -0.2) is 0 Å². The zero-order valence-electron chi connectivity index (χ0n) is 15.1. The average molecular weight is 402 g/mol. The van der Waals surface area contributed by atoms with Gasteiger partial charge in [0.05, 0.1) is 25.2 Å². The number of nitrogens with one attached hydrogen (secondary N) is 1. The van der Waals surface area contributed by atoms with Gasteiger partial charge in [0.25, 0.3) is 0 Å². The molecule has 1 aromatic heterocycles. The fourth-order valence-electron chi connectivity index (χ4n) is 2.37. The molecule has 140 valence electrons. The van der Waals surface area contributed by atoms with Crippen LogP contribution >= 0.6 is 23.1 Å². The Kier molecular flexibility index (Phi) is 6.31. The number of benzene rings is 2. The van der Waals surface area contributed by atoms with E-state index in [0.717, 1.165) is 21.5 Å². The van der Waals surface area contributed by atoms with Crippen LogP contribution in [-0.4, -0.2) is 35.5 Å². The maximum atomic E-state index is 12.6. The quantitative estimate of drug-likeness (QED) is 0.434. The molecule has 0 bridgehead atoms. The molecule has 0 saturated carbocycles. The SMILES string of the molecule is COc1ccc(C(=O)[C@@H](C)Sc2nnc(Nc3ccccc3OC)s2)cc1. The minimum Gasteiger partial charge on any atom is -0.497 e. The van der Waals surface area contributed by atoms with Crippen LogP contribution in [0.25, 0.3) is 0 Å². The van der Waals surface area contributed by atoms with Gasteiger partial charge in [0.15, 0.2) is 10.1 Å². The van der Waals surface area contributed by atoms with E-state index in [1.165, 1.54) is 23.1 Å². The fourth-order valence-corrected chi connectivity index (χ4v) is 4.35. The van der Waals surface area contributed by atoms with Gasteiger partial charge in [-0.3, -0.25) is 4.79 Å². The van der Waals surface area contributed by atoms with Crippen molar-refractivity contribution in [3.8, 4) is 11.5 Å². The largest absolute Gasteiger partial charge is 0.497 e. The van der Waals surface area contributed by atoms with Gasteiger partial charge in [0.2, 0.25) is 5.13 Å². The molecule has 1 atom stereocenters. The summed E-state index contributed by atoms with van der Waals surface area (Å²) < 4.78 is 11.2. The lowest BCUT2D eigenvalue weighted by Gasteiger charge is -2.08. The first kappa shape index (κ1) is 19.2. The minimum absolute atomic E-state index is 0.0390. The summed E-state index contributed by atoms with van der Waals surface area (Å²) in [5, 5.41) is 11.9. The van der Waals surface area contributed by atoms with Crippen LogP contribution in [-0.2, 0) is 0 Å². The summed E-state index contributed by atoms with van der Waals surface area (Å²) >= 11 is 2.79. The fraction of sp³-hybridized carbons (Fsp3) is 0.211. The number of thioether (sulfide) groups is 1. The molecule has 0 aliphatic rings. The van der Waals surface area contributed by atoms with Gasteiger partial charge in [-0.2, -0.15) is 0 Å². The number of methoxy groups -OCH3 is 2. The molecule has 3 rings (SSSR count). The molecule has 0 saturated heterocycles. The Bertz CT molecular complexity index is 913. The molecule has 8 heteroatoms. The predicted octanol–water partition coefficient (Wildman–Crippen LogP) is 4.66. The highest BCUT2D eigenvalue weighted by Crippen LogP contribution is 2.33. The van der Waals surface area contributed by atoms with Crippen molar-refractivity contribution in [1.82, 2.24) is 10.2 Å². The van der Waals surface area contributed by atoms with Crippen molar-refractivity contribution in [1.29, 1.82) is 0 Å². The van der Waals surface area contributed by atoms with Gasteiger partial charge in [-0.05, 0) is 43.3 Å². The molecule has 2 aromatic carbocycles. The number of Topliss-reactive ketones (excluding diaryl/α,β-unsaturated/α-hetero) is 1. The zero-order valence-corrected chi connectivity index (χ0v) is 16.8. The van der Waals surface area contributed by atoms with Crippen molar-refractivity contribution in [3.05, 3.63) is 54.1 Å². The lowest BCUT2D eigenvalue weighted by atomic mass is 10.1. The lowest BCUT2D eigenvalue weighted by Crippen LogP contribution is -2.13. The maximum Gasteiger partial charge on any atom is 0.210 e. The Morgan fingerprint density at radius 3 is 2.52 bits per heavy atom. The number of rotatable bonds is 8. The summed E-state index contributed by atoms with van der Waals surface area (Å²) in [6, 6.07) is 14.7. The molecule has 3 aromatic rings. The molecule has 0 unspecified atom stereocenters. The van der Waals surface area contributed by atoms with Crippen LogP contribution in [0.5, 0.6) is 11.5 Å². The third-order valence-corrected chi connectivity index (χ3v) is 5.80. The standard InChI is InChI=1S/C19H19N3O3S2/c1-12(17(23)13-8-10-14(24-2)11-9-13)26-19-22-21-18(27-19)20-15-6-4-5-7-16(15)25-3/h4-12H,1-3H3,(H,20,21)/t12-/m1/s1. The van der Waals surface area contributed by atoms with Crippen molar-refractivity contribution < 1.29 is 14.3 Å². The monoisotopic (exact) mass is 401 g/mol. The van der Waals surface area contributed by atoms with E-state index < -0.39 is 0 Å². The number of hydrogen-bond acceptors (Lipinski definition) is 8. The van der Waals surface area contributed by atoms with E-state index in [1.54, 1.807) is 38.5 Å². The Labute approximate surface area is 165 Å². The summed E-state index contributed by atoms with van der Waals surface area (Å²) in [4.78, 5) is 12.6. The number of nitrogens with zero attached hydrogens (tertiary/aromatic N) is 2. The second-order valence-electron chi connectivity index (χ2n) is 5.55. The molecule has 0 amide bonds. The summed E-state index contributed by atoms with van der Waals surface area (Å²) in [5.74, 6) is 1.49. The van der Waals surface area contributed by atoms with Crippen LogP contribution in [0.4, 0.5) is 10.8 Å². The number of aromatic nitrogens is 2. The molecular formula is C19H19N3O3S2. The molecule has 1 N–H and O–H groups in total. The first-order valence-electron chi connectivity index (χ1n) is 8.19. The molecule has 1 heterocycles. The first-order chi connectivity index (χ1) is 13.1. The summed E-state index contributed by atoms with van der Waals surface area (Å²) in [6.07, 6.45) is 0.